The number of carbonyl (C=O) groups is 2. The molecule has 3 aromatic heterocycles. The average molecular weight is 390 g/mol. The van der Waals surface area contributed by atoms with Gasteiger partial charge in [0.1, 0.15) is 11.4 Å². The molecule has 0 saturated carbocycles. The Bertz CT molecular complexity index is 1020. The number of aryl methyl sites for hydroxylation is 1. The van der Waals surface area contributed by atoms with Gasteiger partial charge in [-0.15, -0.1) is 22.7 Å². The second-order valence-corrected chi connectivity index (χ2v) is 7.87. The number of rotatable bonds is 5. The number of nitrogens with one attached hydrogen (secondary N) is 2. The Morgan fingerprint density at radius 3 is 2.81 bits per heavy atom. The zero-order valence-electron chi connectivity index (χ0n) is 14.4. The van der Waals surface area contributed by atoms with Gasteiger partial charge in [-0.25, -0.2) is 9.78 Å². The molecule has 0 aliphatic heterocycles. The van der Waals surface area contributed by atoms with Crippen LogP contribution in [0.3, 0.4) is 0 Å². The number of thiophene rings is 2. The molecule has 3 amide bonds. The number of hydrogen-bond acceptors (Lipinski definition) is 6. The van der Waals surface area contributed by atoms with Crippen LogP contribution in [-0.4, -0.2) is 28.0 Å². The van der Waals surface area contributed by atoms with Gasteiger partial charge in [-0.2, -0.15) is 0 Å². The van der Waals surface area contributed by atoms with Crippen LogP contribution in [0.4, 0.5) is 4.79 Å². The van der Waals surface area contributed by atoms with E-state index in [0.29, 0.717) is 16.8 Å². The van der Waals surface area contributed by atoms with Crippen molar-refractivity contribution in [2.24, 2.45) is 0 Å². The molecule has 0 atom stereocenters. The molecular formula is C17H18N4O3S2. The van der Waals surface area contributed by atoms with Crippen LogP contribution in [0.2, 0.25) is 0 Å². The van der Waals surface area contributed by atoms with Gasteiger partial charge in [-0.1, -0.05) is 6.92 Å². The van der Waals surface area contributed by atoms with Crippen LogP contribution in [0, 0.1) is 6.92 Å². The fraction of sp³-hybridized carbons (Fsp3) is 0.294. The molecule has 0 saturated heterocycles. The molecule has 0 unspecified atom stereocenters. The number of nitrogens with zero attached hydrogens (tertiary/aromatic N) is 2. The summed E-state index contributed by atoms with van der Waals surface area (Å²) < 4.78 is 1.22. The van der Waals surface area contributed by atoms with Crippen LogP contribution in [0.15, 0.2) is 28.6 Å². The number of imide groups is 1. The summed E-state index contributed by atoms with van der Waals surface area (Å²) in [6.07, 6.45) is 2.11. The van der Waals surface area contributed by atoms with Gasteiger partial charge < -0.3 is 5.32 Å². The number of aromatic nitrogens is 2. The van der Waals surface area contributed by atoms with E-state index in [-0.39, 0.29) is 12.1 Å². The van der Waals surface area contributed by atoms with Crippen molar-refractivity contribution in [3.63, 3.8) is 0 Å². The highest BCUT2D eigenvalue weighted by Gasteiger charge is 2.16. The van der Waals surface area contributed by atoms with E-state index in [9.17, 15) is 14.4 Å². The zero-order chi connectivity index (χ0) is 18.7. The van der Waals surface area contributed by atoms with Crippen LogP contribution in [0.25, 0.3) is 20.7 Å². The van der Waals surface area contributed by atoms with Crippen molar-refractivity contribution < 1.29 is 9.59 Å². The highest BCUT2D eigenvalue weighted by atomic mass is 32.1. The maximum atomic E-state index is 12.8. The van der Waals surface area contributed by atoms with Gasteiger partial charge in [0.15, 0.2) is 0 Å². The van der Waals surface area contributed by atoms with Gasteiger partial charge in [0.25, 0.3) is 5.56 Å². The minimum absolute atomic E-state index is 0.264. The van der Waals surface area contributed by atoms with Gasteiger partial charge in [0.05, 0.1) is 11.7 Å². The predicted molar refractivity (Wildman–Crippen MR) is 104 cm³/mol. The first-order valence-electron chi connectivity index (χ1n) is 8.10. The lowest BCUT2D eigenvalue weighted by atomic mass is 10.2. The summed E-state index contributed by atoms with van der Waals surface area (Å²) in [5, 5.41) is 7.17. The van der Waals surface area contributed by atoms with Crippen molar-refractivity contribution >= 4 is 44.8 Å². The van der Waals surface area contributed by atoms with Crippen molar-refractivity contribution in [3.05, 3.63) is 39.1 Å². The molecule has 7 nitrogen and oxygen atoms in total. The first kappa shape index (κ1) is 18.3. The van der Waals surface area contributed by atoms with Crippen molar-refractivity contribution in [1.29, 1.82) is 0 Å². The Balaban J connectivity index is 1.86. The largest absolute Gasteiger partial charge is 0.338 e. The molecule has 0 aliphatic rings. The molecule has 3 heterocycles. The first-order chi connectivity index (χ1) is 12.5. The highest BCUT2D eigenvalue weighted by molar-refractivity contribution is 7.19. The predicted octanol–water partition coefficient (Wildman–Crippen LogP) is 2.73. The number of hydrogen-bond donors (Lipinski definition) is 2. The molecule has 0 aromatic carbocycles. The molecule has 0 fully saturated rings. The Labute approximate surface area is 157 Å². The number of urea groups is 1. The van der Waals surface area contributed by atoms with E-state index >= 15 is 0 Å². The third-order valence-electron chi connectivity index (χ3n) is 3.67. The number of fused-ring (bicyclic) bond motifs is 1. The van der Waals surface area contributed by atoms with Crippen LogP contribution in [0.1, 0.15) is 18.2 Å². The van der Waals surface area contributed by atoms with Gasteiger partial charge in [0, 0.05) is 27.2 Å². The molecular weight excluding hydrogens is 372 g/mol. The van der Waals surface area contributed by atoms with Gasteiger partial charge in [-0.05, 0) is 25.5 Å². The van der Waals surface area contributed by atoms with E-state index in [4.69, 9.17) is 0 Å². The molecule has 3 aromatic rings. The van der Waals surface area contributed by atoms with Crippen molar-refractivity contribution in [2.75, 3.05) is 6.54 Å². The van der Waals surface area contributed by atoms with Crippen LogP contribution < -0.4 is 16.2 Å². The number of amides is 3. The molecule has 26 heavy (non-hydrogen) atoms. The standard InChI is InChI=1S/C17H18N4O3S2/c1-3-6-18-17(24)20-13(22)7-21-9-19-15-14(16(21)23)11(8-25-15)12-5-4-10(2)26-12/h4-5,8-9H,3,6-7H2,1-2H3,(H2,18,20,22,24). The summed E-state index contributed by atoms with van der Waals surface area (Å²) in [6, 6.07) is 3.41. The van der Waals surface area contributed by atoms with Gasteiger partial charge in [0.2, 0.25) is 5.91 Å². The van der Waals surface area contributed by atoms with Crippen LogP contribution in [-0.2, 0) is 11.3 Å². The van der Waals surface area contributed by atoms with Gasteiger partial charge in [-0.3, -0.25) is 19.5 Å². The Morgan fingerprint density at radius 2 is 2.12 bits per heavy atom. The monoisotopic (exact) mass is 390 g/mol. The average Bonchev–Trinajstić information content (AvgIpc) is 3.21. The normalized spacial score (nSPS) is 10.8. The third kappa shape index (κ3) is 3.83. The van der Waals surface area contributed by atoms with E-state index in [0.717, 1.165) is 21.7 Å². The van der Waals surface area contributed by atoms with E-state index in [2.05, 4.69) is 15.6 Å². The minimum atomic E-state index is -0.566. The van der Waals surface area contributed by atoms with E-state index < -0.39 is 11.9 Å². The zero-order valence-corrected chi connectivity index (χ0v) is 16.0. The molecule has 3 rings (SSSR count). The van der Waals surface area contributed by atoms with Crippen LogP contribution in [0.5, 0.6) is 0 Å². The van der Waals surface area contributed by atoms with Gasteiger partial charge >= 0.3 is 6.03 Å². The van der Waals surface area contributed by atoms with E-state index in [1.54, 1.807) is 11.3 Å². The first-order valence-corrected chi connectivity index (χ1v) is 9.80. The summed E-state index contributed by atoms with van der Waals surface area (Å²) in [5.41, 5.74) is 0.539. The summed E-state index contributed by atoms with van der Waals surface area (Å²) in [5.74, 6) is -0.564. The molecule has 136 valence electrons. The lowest BCUT2D eigenvalue weighted by molar-refractivity contribution is -0.120. The number of carbonyl (C=O) groups excluding carboxylic acids is 2. The second kappa shape index (κ2) is 7.79. The summed E-state index contributed by atoms with van der Waals surface area (Å²) in [6.45, 7) is 4.13. The quantitative estimate of drug-likeness (QED) is 0.700. The molecule has 0 spiro atoms. The smallest absolute Gasteiger partial charge is 0.321 e. The Hall–Kier alpha value is -2.52. The molecule has 0 aliphatic carbocycles. The fourth-order valence-corrected chi connectivity index (χ4v) is 4.31. The second-order valence-electron chi connectivity index (χ2n) is 5.72. The highest BCUT2D eigenvalue weighted by Crippen LogP contribution is 2.34. The summed E-state index contributed by atoms with van der Waals surface area (Å²) in [4.78, 5) is 43.5. The van der Waals surface area contributed by atoms with E-state index in [1.807, 2.05) is 31.4 Å². The Morgan fingerprint density at radius 1 is 1.31 bits per heavy atom. The topological polar surface area (TPSA) is 93.1 Å². The van der Waals surface area contributed by atoms with E-state index in [1.165, 1.54) is 22.2 Å². The lowest BCUT2D eigenvalue weighted by Crippen LogP contribution is -2.42. The maximum Gasteiger partial charge on any atom is 0.321 e. The molecule has 9 heteroatoms. The lowest BCUT2D eigenvalue weighted by Gasteiger charge is -2.07. The maximum absolute atomic E-state index is 12.8. The van der Waals surface area contributed by atoms with Crippen molar-refractivity contribution in [3.8, 4) is 10.4 Å². The van der Waals surface area contributed by atoms with Crippen molar-refractivity contribution in [2.45, 2.75) is 26.8 Å². The molecule has 2 N–H and O–H groups in total. The fourth-order valence-electron chi connectivity index (χ4n) is 2.44. The molecule has 0 radical (unpaired) electrons. The Kier molecular flexibility index (Phi) is 5.48. The summed E-state index contributed by atoms with van der Waals surface area (Å²) >= 11 is 3.00. The summed E-state index contributed by atoms with van der Waals surface area (Å²) in [7, 11) is 0. The molecule has 0 bridgehead atoms. The third-order valence-corrected chi connectivity index (χ3v) is 5.59. The van der Waals surface area contributed by atoms with Crippen LogP contribution >= 0.6 is 22.7 Å². The SMILES string of the molecule is CCCNC(=O)NC(=O)Cn1cnc2scc(-c3ccc(C)s3)c2c1=O. The van der Waals surface area contributed by atoms with Crippen molar-refractivity contribution in [1.82, 2.24) is 20.2 Å². The minimum Gasteiger partial charge on any atom is -0.338 e.